The van der Waals surface area contributed by atoms with E-state index in [2.05, 4.69) is 28.9 Å². The predicted molar refractivity (Wildman–Crippen MR) is 141 cm³/mol. The van der Waals surface area contributed by atoms with Gasteiger partial charge in [0.15, 0.2) is 0 Å². The second kappa shape index (κ2) is 10.1. The topological polar surface area (TPSA) is 70.5 Å². The third kappa shape index (κ3) is 4.58. The maximum atomic E-state index is 13.3. The zero-order valence-corrected chi connectivity index (χ0v) is 21.0. The van der Waals surface area contributed by atoms with Gasteiger partial charge in [0.1, 0.15) is 5.82 Å². The van der Waals surface area contributed by atoms with Crippen LogP contribution in [0.2, 0.25) is 0 Å². The Hall–Kier alpha value is -3.71. The summed E-state index contributed by atoms with van der Waals surface area (Å²) >= 11 is 0. The van der Waals surface area contributed by atoms with Crippen LogP contribution in [0.15, 0.2) is 66.7 Å². The number of nitrogens with one attached hydrogen (secondary N) is 1. The summed E-state index contributed by atoms with van der Waals surface area (Å²) < 4.78 is 1.89. The molecule has 3 heterocycles. The zero-order chi connectivity index (χ0) is 25.2. The van der Waals surface area contributed by atoms with Gasteiger partial charge in [-0.2, -0.15) is 5.10 Å². The monoisotopic (exact) mass is 483 g/mol. The molecule has 1 aromatic heterocycles. The highest BCUT2D eigenvalue weighted by Crippen LogP contribution is 2.43. The zero-order valence-electron chi connectivity index (χ0n) is 21.0. The van der Waals surface area contributed by atoms with Crippen molar-refractivity contribution >= 4 is 17.6 Å². The summed E-state index contributed by atoms with van der Waals surface area (Å²) in [4.78, 5) is 29.9. The number of para-hydroxylation sites is 1. The Labute approximate surface area is 212 Å². The number of benzene rings is 2. The van der Waals surface area contributed by atoms with E-state index in [0.29, 0.717) is 31.6 Å². The number of amides is 2. The van der Waals surface area contributed by atoms with Crippen molar-refractivity contribution in [2.75, 3.05) is 31.1 Å². The maximum absolute atomic E-state index is 13.3. The molecule has 0 bridgehead atoms. The average molecular weight is 484 g/mol. The van der Waals surface area contributed by atoms with Gasteiger partial charge in [0.2, 0.25) is 11.8 Å². The van der Waals surface area contributed by atoms with Crippen LogP contribution in [0, 0.1) is 6.92 Å². The summed E-state index contributed by atoms with van der Waals surface area (Å²) in [6, 6.07) is 18.1. The molecule has 0 aliphatic carbocycles. The molecule has 0 spiro atoms. The number of aryl methyl sites for hydroxylation is 1. The summed E-state index contributed by atoms with van der Waals surface area (Å²) in [7, 11) is 0. The van der Waals surface area contributed by atoms with E-state index in [4.69, 9.17) is 5.10 Å². The predicted octanol–water partition coefficient (Wildman–Crippen LogP) is 3.95. The Morgan fingerprint density at radius 1 is 1.14 bits per heavy atom. The van der Waals surface area contributed by atoms with Crippen molar-refractivity contribution in [1.82, 2.24) is 20.0 Å². The fourth-order valence-corrected chi connectivity index (χ4v) is 5.17. The highest BCUT2D eigenvalue weighted by molar-refractivity contribution is 5.97. The summed E-state index contributed by atoms with van der Waals surface area (Å²) in [5.74, 6) is 0.738. The third-order valence-corrected chi connectivity index (χ3v) is 7.17. The second-order valence-electron chi connectivity index (χ2n) is 9.63. The van der Waals surface area contributed by atoms with Gasteiger partial charge < -0.3 is 5.32 Å². The molecule has 186 valence electrons. The molecule has 5 rings (SSSR count). The Balaban J connectivity index is 1.41. The van der Waals surface area contributed by atoms with E-state index in [1.165, 1.54) is 6.42 Å². The molecule has 1 saturated heterocycles. The minimum atomic E-state index is -0.110. The smallest absolute Gasteiger partial charge is 0.248 e. The quantitative estimate of drug-likeness (QED) is 0.493. The molecular weight excluding hydrogens is 450 g/mol. The van der Waals surface area contributed by atoms with Crippen LogP contribution in [0.4, 0.5) is 5.82 Å². The van der Waals surface area contributed by atoms with E-state index in [0.717, 1.165) is 47.0 Å². The SMILES string of the molecule is C=C(CN1CCC1)C(=O)NCc1cccc(C2CC(=O)N(CC)c3c2c(C)nn3-c2ccccc2)c1. The second-order valence-corrected chi connectivity index (χ2v) is 9.63. The van der Waals surface area contributed by atoms with Gasteiger partial charge in [-0.05, 0) is 56.6 Å². The number of carbonyl (C=O) groups excluding carboxylic acids is 2. The summed E-state index contributed by atoms with van der Waals surface area (Å²) in [5.41, 5.74) is 5.59. The van der Waals surface area contributed by atoms with Gasteiger partial charge in [0, 0.05) is 43.1 Å². The first-order valence-electron chi connectivity index (χ1n) is 12.7. The van der Waals surface area contributed by atoms with Crippen molar-refractivity contribution < 1.29 is 9.59 Å². The number of nitrogens with zero attached hydrogens (tertiary/aromatic N) is 4. The van der Waals surface area contributed by atoms with Crippen LogP contribution in [0.1, 0.15) is 48.1 Å². The fraction of sp³-hybridized carbons (Fsp3) is 0.345. The minimum Gasteiger partial charge on any atom is -0.348 e. The third-order valence-electron chi connectivity index (χ3n) is 7.17. The van der Waals surface area contributed by atoms with Crippen molar-refractivity contribution in [3.05, 3.63) is 89.1 Å². The first-order chi connectivity index (χ1) is 17.5. The molecule has 3 aromatic rings. The number of likely N-dealkylation sites (tertiary alicyclic amines) is 1. The van der Waals surface area contributed by atoms with Gasteiger partial charge in [-0.15, -0.1) is 0 Å². The van der Waals surface area contributed by atoms with Crippen molar-refractivity contribution in [2.45, 2.75) is 39.2 Å². The lowest BCUT2D eigenvalue weighted by Gasteiger charge is -2.32. The van der Waals surface area contributed by atoms with Crippen molar-refractivity contribution in [2.24, 2.45) is 0 Å². The molecule has 36 heavy (non-hydrogen) atoms. The van der Waals surface area contributed by atoms with Gasteiger partial charge >= 0.3 is 0 Å². The molecule has 1 atom stereocenters. The highest BCUT2D eigenvalue weighted by Gasteiger charge is 2.37. The van der Waals surface area contributed by atoms with E-state index in [1.807, 2.05) is 65.9 Å². The first-order valence-corrected chi connectivity index (χ1v) is 12.7. The number of hydrogen-bond acceptors (Lipinski definition) is 4. The van der Waals surface area contributed by atoms with E-state index < -0.39 is 0 Å². The molecule has 2 amide bonds. The van der Waals surface area contributed by atoms with Crippen molar-refractivity contribution in [1.29, 1.82) is 0 Å². The van der Waals surface area contributed by atoms with Gasteiger partial charge in [0.25, 0.3) is 0 Å². The lowest BCUT2D eigenvalue weighted by atomic mass is 9.84. The number of aromatic nitrogens is 2. The van der Waals surface area contributed by atoms with Crippen LogP contribution in [-0.2, 0) is 16.1 Å². The number of carbonyl (C=O) groups is 2. The van der Waals surface area contributed by atoms with Gasteiger partial charge in [-0.25, -0.2) is 4.68 Å². The molecular formula is C29H33N5O2. The molecule has 1 unspecified atom stereocenters. The van der Waals surface area contributed by atoms with E-state index >= 15 is 0 Å². The van der Waals surface area contributed by atoms with Crippen LogP contribution >= 0.6 is 0 Å². The molecule has 2 aliphatic rings. The molecule has 0 saturated carbocycles. The van der Waals surface area contributed by atoms with Gasteiger partial charge in [-0.3, -0.25) is 19.4 Å². The Morgan fingerprint density at radius 3 is 2.61 bits per heavy atom. The summed E-state index contributed by atoms with van der Waals surface area (Å²) in [6.45, 7) is 11.7. The van der Waals surface area contributed by atoms with Crippen LogP contribution in [-0.4, -0.2) is 52.7 Å². The maximum Gasteiger partial charge on any atom is 0.248 e. The van der Waals surface area contributed by atoms with Crippen molar-refractivity contribution in [3.63, 3.8) is 0 Å². The molecule has 1 N–H and O–H groups in total. The molecule has 7 heteroatoms. The van der Waals surface area contributed by atoms with Crippen LogP contribution < -0.4 is 10.2 Å². The van der Waals surface area contributed by atoms with E-state index in [-0.39, 0.29) is 17.7 Å². The standard InChI is InChI=1S/C29H33N5O2/c1-4-33-26(35)17-25(27-21(3)31-34(29(27)33)24-12-6-5-7-13-24)23-11-8-10-22(16-23)18-30-28(36)20(2)19-32-14-9-15-32/h5-8,10-13,16,25H,2,4,9,14-15,17-19H2,1,3H3,(H,30,36). The lowest BCUT2D eigenvalue weighted by Crippen LogP contribution is -2.40. The largest absolute Gasteiger partial charge is 0.348 e. The minimum absolute atomic E-state index is 0.0908. The number of anilines is 1. The average Bonchev–Trinajstić information content (AvgIpc) is 3.21. The molecule has 7 nitrogen and oxygen atoms in total. The van der Waals surface area contributed by atoms with Crippen LogP contribution in [0.5, 0.6) is 0 Å². The number of fused-ring (bicyclic) bond motifs is 1. The van der Waals surface area contributed by atoms with E-state index in [1.54, 1.807) is 0 Å². The molecule has 0 radical (unpaired) electrons. The Morgan fingerprint density at radius 2 is 1.92 bits per heavy atom. The Bertz CT molecular complexity index is 1290. The van der Waals surface area contributed by atoms with Gasteiger partial charge in [-0.1, -0.05) is 49.0 Å². The summed E-state index contributed by atoms with van der Waals surface area (Å²) in [5, 5.41) is 7.87. The number of hydrogen-bond donors (Lipinski definition) is 1. The fourth-order valence-electron chi connectivity index (χ4n) is 5.17. The number of rotatable bonds is 8. The van der Waals surface area contributed by atoms with Gasteiger partial charge in [0.05, 0.1) is 11.4 Å². The molecule has 2 aliphatic heterocycles. The highest BCUT2D eigenvalue weighted by atomic mass is 16.2. The van der Waals surface area contributed by atoms with Crippen molar-refractivity contribution in [3.8, 4) is 5.69 Å². The van der Waals surface area contributed by atoms with Crippen LogP contribution in [0.25, 0.3) is 5.69 Å². The lowest BCUT2D eigenvalue weighted by molar-refractivity contribution is -0.119. The first kappa shape index (κ1) is 24.0. The molecule has 1 fully saturated rings. The summed E-state index contributed by atoms with van der Waals surface area (Å²) in [6.07, 6.45) is 1.58. The Kier molecular flexibility index (Phi) is 6.74. The molecule has 2 aromatic carbocycles. The normalized spacial score (nSPS) is 17.4. The van der Waals surface area contributed by atoms with E-state index in [9.17, 15) is 9.59 Å². The van der Waals surface area contributed by atoms with Crippen LogP contribution in [0.3, 0.4) is 0 Å².